The molecule has 0 radical (unpaired) electrons. The number of pyridine rings is 1. The molecule has 1 aliphatic rings. The van der Waals surface area contributed by atoms with E-state index in [-0.39, 0.29) is 5.75 Å². The molecule has 20 heavy (non-hydrogen) atoms. The minimum atomic E-state index is 0.136. The Morgan fingerprint density at radius 2 is 1.55 bits per heavy atom. The average Bonchev–Trinajstić information content (AvgIpc) is 2.47. The quantitative estimate of drug-likeness (QED) is 0.645. The monoisotopic (exact) mass is 280 g/mol. The smallest absolute Gasteiger partial charge is 0.184 e. The van der Waals surface area contributed by atoms with Gasteiger partial charge >= 0.3 is 0 Å². The van der Waals surface area contributed by atoms with Gasteiger partial charge in [0, 0.05) is 47.3 Å². The zero-order valence-electron chi connectivity index (χ0n) is 12.6. The van der Waals surface area contributed by atoms with Crippen LogP contribution in [0.3, 0.4) is 0 Å². The van der Waals surface area contributed by atoms with Crippen LogP contribution >= 0.6 is 0 Å². The molecule has 112 valence electrons. The first-order valence-electron chi connectivity index (χ1n) is 6.86. The molecule has 2 rings (SSSR count). The van der Waals surface area contributed by atoms with Gasteiger partial charge in [-0.05, 0) is 7.05 Å². The summed E-state index contributed by atoms with van der Waals surface area (Å²) in [7, 11) is 7.52. The Kier molecular flexibility index (Phi) is 4.39. The molecule has 1 aromatic heterocycles. The molecule has 1 aromatic rings. The van der Waals surface area contributed by atoms with E-state index in [0.717, 1.165) is 37.7 Å². The van der Waals surface area contributed by atoms with Gasteiger partial charge in [0.25, 0.3) is 0 Å². The number of aromatic hydroxyl groups is 1. The zero-order chi connectivity index (χ0) is 14.7. The highest BCUT2D eigenvalue weighted by Crippen LogP contribution is 2.42. The molecule has 0 bridgehead atoms. The van der Waals surface area contributed by atoms with Gasteiger partial charge in [-0.1, -0.05) is 0 Å². The molecule has 2 heterocycles. The highest BCUT2D eigenvalue weighted by atomic mass is 16.3. The van der Waals surface area contributed by atoms with Gasteiger partial charge in [-0.3, -0.25) is 0 Å². The van der Waals surface area contributed by atoms with E-state index in [4.69, 9.17) is 0 Å². The molecule has 1 aliphatic heterocycles. The van der Waals surface area contributed by atoms with Crippen LogP contribution < -0.4 is 20.9 Å². The Morgan fingerprint density at radius 1 is 0.950 bits per heavy atom. The predicted molar refractivity (Wildman–Crippen MR) is 84.3 cm³/mol. The zero-order valence-corrected chi connectivity index (χ0v) is 12.6. The van der Waals surface area contributed by atoms with Crippen molar-refractivity contribution >= 4 is 23.0 Å². The standard InChI is InChI=1S/C13H24N6O/c1-14-9-10(15-2)13(17-12(16-3)11(9)20)19-7-5-18(4)6-8-19/h15,20H,5-8H2,1-4H3,(H2,14,16,17). The summed E-state index contributed by atoms with van der Waals surface area (Å²) in [6.07, 6.45) is 0. The van der Waals surface area contributed by atoms with Crippen LogP contribution in [0.1, 0.15) is 0 Å². The van der Waals surface area contributed by atoms with E-state index >= 15 is 0 Å². The maximum atomic E-state index is 10.2. The van der Waals surface area contributed by atoms with Crippen molar-refractivity contribution in [2.45, 2.75) is 0 Å². The van der Waals surface area contributed by atoms with Crippen LogP contribution in [0.4, 0.5) is 23.0 Å². The molecule has 4 N–H and O–H groups in total. The Morgan fingerprint density at radius 3 is 2.05 bits per heavy atom. The molecule has 0 atom stereocenters. The van der Waals surface area contributed by atoms with Gasteiger partial charge in [0.2, 0.25) is 0 Å². The van der Waals surface area contributed by atoms with E-state index in [0.29, 0.717) is 11.5 Å². The van der Waals surface area contributed by atoms with Gasteiger partial charge in [-0.25, -0.2) is 4.98 Å². The molecule has 0 aliphatic carbocycles. The summed E-state index contributed by atoms with van der Waals surface area (Å²) < 4.78 is 0. The Balaban J connectivity index is 2.45. The maximum absolute atomic E-state index is 10.2. The largest absolute Gasteiger partial charge is 0.503 e. The number of likely N-dealkylation sites (N-methyl/N-ethyl adjacent to an activating group) is 1. The lowest BCUT2D eigenvalue weighted by Crippen LogP contribution is -2.45. The fourth-order valence-electron chi connectivity index (χ4n) is 2.46. The molecule has 0 aromatic carbocycles. The van der Waals surface area contributed by atoms with E-state index in [1.807, 2.05) is 7.05 Å². The van der Waals surface area contributed by atoms with Crippen molar-refractivity contribution in [1.29, 1.82) is 0 Å². The highest BCUT2D eigenvalue weighted by Gasteiger charge is 2.23. The first kappa shape index (κ1) is 14.5. The molecule has 1 fully saturated rings. The lowest BCUT2D eigenvalue weighted by molar-refractivity contribution is 0.312. The fourth-order valence-corrected chi connectivity index (χ4v) is 2.46. The molecular formula is C13H24N6O. The van der Waals surface area contributed by atoms with Crippen LogP contribution in [0.2, 0.25) is 0 Å². The number of aromatic nitrogens is 1. The van der Waals surface area contributed by atoms with Crippen LogP contribution in [0.15, 0.2) is 0 Å². The van der Waals surface area contributed by atoms with Crippen molar-refractivity contribution in [3.8, 4) is 5.75 Å². The van der Waals surface area contributed by atoms with Crippen LogP contribution in [0.5, 0.6) is 5.75 Å². The minimum absolute atomic E-state index is 0.136. The van der Waals surface area contributed by atoms with Gasteiger partial charge < -0.3 is 30.9 Å². The number of anilines is 4. The van der Waals surface area contributed by atoms with Crippen molar-refractivity contribution in [2.24, 2.45) is 0 Å². The second-order valence-corrected chi connectivity index (χ2v) is 4.92. The minimum Gasteiger partial charge on any atom is -0.503 e. The lowest BCUT2D eigenvalue weighted by Gasteiger charge is -2.35. The van der Waals surface area contributed by atoms with Gasteiger partial charge in [0.1, 0.15) is 11.4 Å². The van der Waals surface area contributed by atoms with Crippen LogP contribution in [0, 0.1) is 0 Å². The molecule has 0 spiro atoms. The molecule has 0 saturated carbocycles. The Labute approximate surface area is 120 Å². The van der Waals surface area contributed by atoms with E-state index < -0.39 is 0 Å². The molecular weight excluding hydrogens is 256 g/mol. The number of rotatable bonds is 4. The van der Waals surface area contributed by atoms with E-state index in [1.54, 1.807) is 14.1 Å². The van der Waals surface area contributed by atoms with Crippen molar-refractivity contribution < 1.29 is 5.11 Å². The first-order chi connectivity index (χ1) is 9.62. The van der Waals surface area contributed by atoms with Crippen LogP contribution in [-0.4, -0.2) is 69.4 Å². The van der Waals surface area contributed by atoms with Crippen molar-refractivity contribution in [2.75, 3.05) is 75.2 Å². The van der Waals surface area contributed by atoms with Gasteiger partial charge in [0.05, 0.1) is 0 Å². The molecule has 7 heteroatoms. The number of nitrogens with one attached hydrogen (secondary N) is 3. The lowest BCUT2D eigenvalue weighted by atomic mass is 10.2. The highest BCUT2D eigenvalue weighted by molar-refractivity contribution is 5.88. The number of nitrogens with zero attached hydrogens (tertiary/aromatic N) is 3. The topological polar surface area (TPSA) is 75.7 Å². The first-order valence-corrected chi connectivity index (χ1v) is 6.86. The summed E-state index contributed by atoms with van der Waals surface area (Å²) in [5.74, 6) is 1.49. The van der Waals surface area contributed by atoms with E-state index in [2.05, 4.69) is 37.8 Å². The molecule has 7 nitrogen and oxygen atoms in total. The summed E-state index contributed by atoms with van der Waals surface area (Å²) >= 11 is 0. The van der Waals surface area contributed by atoms with Gasteiger partial charge in [-0.2, -0.15) is 0 Å². The number of piperazine rings is 1. The summed E-state index contributed by atoms with van der Waals surface area (Å²) in [6, 6.07) is 0. The third-order valence-electron chi connectivity index (χ3n) is 3.69. The van der Waals surface area contributed by atoms with E-state index in [1.165, 1.54) is 0 Å². The fraction of sp³-hybridized carbons (Fsp3) is 0.615. The van der Waals surface area contributed by atoms with Crippen LogP contribution in [-0.2, 0) is 0 Å². The summed E-state index contributed by atoms with van der Waals surface area (Å²) in [4.78, 5) is 9.11. The number of hydrogen-bond acceptors (Lipinski definition) is 7. The second-order valence-electron chi connectivity index (χ2n) is 4.92. The Bertz CT molecular complexity index is 470. The van der Waals surface area contributed by atoms with Gasteiger partial charge in [-0.15, -0.1) is 0 Å². The number of hydrogen-bond donors (Lipinski definition) is 4. The van der Waals surface area contributed by atoms with Crippen molar-refractivity contribution in [3.05, 3.63) is 0 Å². The molecule has 0 amide bonds. The third-order valence-corrected chi connectivity index (χ3v) is 3.69. The molecule has 0 unspecified atom stereocenters. The second kappa shape index (κ2) is 6.04. The van der Waals surface area contributed by atoms with Crippen molar-refractivity contribution in [3.63, 3.8) is 0 Å². The third kappa shape index (κ3) is 2.53. The Hall–Kier alpha value is -1.89. The van der Waals surface area contributed by atoms with Crippen LogP contribution in [0.25, 0.3) is 0 Å². The predicted octanol–water partition coefficient (Wildman–Crippen LogP) is 0.664. The SMILES string of the molecule is CNc1nc(N2CCN(C)CC2)c(NC)c(NC)c1O. The summed E-state index contributed by atoms with van der Waals surface area (Å²) in [5.41, 5.74) is 1.49. The van der Waals surface area contributed by atoms with Gasteiger partial charge in [0.15, 0.2) is 17.4 Å². The summed E-state index contributed by atoms with van der Waals surface area (Å²) in [5, 5.41) is 19.4. The van der Waals surface area contributed by atoms with E-state index in [9.17, 15) is 5.11 Å². The normalized spacial score (nSPS) is 16.1. The molecule has 1 saturated heterocycles. The average molecular weight is 280 g/mol. The summed E-state index contributed by atoms with van der Waals surface area (Å²) in [6.45, 7) is 3.87. The van der Waals surface area contributed by atoms with Crippen molar-refractivity contribution in [1.82, 2.24) is 9.88 Å². The maximum Gasteiger partial charge on any atom is 0.184 e.